The molecule has 2 aromatic carbocycles. The lowest BCUT2D eigenvalue weighted by Gasteiger charge is -2.04. The minimum atomic E-state index is -1.43. The molecule has 2 nitrogen and oxygen atoms in total. The molecule has 0 amide bonds. The SMILES string of the molecule is O=C(Cc1ccccc1F)CS(=O)c1ccc(Cl)cc1. The highest BCUT2D eigenvalue weighted by atomic mass is 35.5. The fourth-order valence-corrected chi connectivity index (χ4v) is 2.85. The van der Waals surface area contributed by atoms with Gasteiger partial charge in [-0.2, -0.15) is 0 Å². The van der Waals surface area contributed by atoms with Crippen LogP contribution in [0.3, 0.4) is 0 Å². The second-order valence-electron chi connectivity index (χ2n) is 4.25. The molecule has 0 aliphatic heterocycles. The summed E-state index contributed by atoms with van der Waals surface area (Å²) in [5, 5.41) is 0.545. The van der Waals surface area contributed by atoms with Crippen LogP contribution in [0, 0.1) is 5.82 Å². The van der Waals surface area contributed by atoms with E-state index in [1.165, 1.54) is 6.07 Å². The van der Waals surface area contributed by atoms with Crippen molar-refractivity contribution in [1.82, 2.24) is 0 Å². The van der Waals surface area contributed by atoms with Crippen molar-refractivity contribution in [2.75, 3.05) is 5.75 Å². The first-order chi connectivity index (χ1) is 9.56. The summed E-state index contributed by atoms with van der Waals surface area (Å²) >= 11 is 5.74. The topological polar surface area (TPSA) is 34.1 Å². The Balaban J connectivity index is 2.00. The molecule has 0 aliphatic carbocycles. The van der Waals surface area contributed by atoms with Gasteiger partial charge in [-0.3, -0.25) is 9.00 Å². The van der Waals surface area contributed by atoms with Gasteiger partial charge in [-0.25, -0.2) is 4.39 Å². The maximum Gasteiger partial charge on any atom is 0.150 e. The predicted octanol–water partition coefficient (Wildman–Crippen LogP) is 3.40. The van der Waals surface area contributed by atoms with E-state index in [9.17, 15) is 13.4 Å². The van der Waals surface area contributed by atoms with Crippen LogP contribution in [-0.4, -0.2) is 15.7 Å². The van der Waals surface area contributed by atoms with E-state index in [0.717, 1.165) is 0 Å². The fraction of sp³-hybridized carbons (Fsp3) is 0.133. The zero-order valence-corrected chi connectivity index (χ0v) is 12.1. The number of carbonyl (C=O) groups is 1. The van der Waals surface area contributed by atoms with E-state index in [1.54, 1.807) is 42.5 Å². The summed E-state index contributed by atoms with van der Waals surface area (Å²) in [6, 6.07) is 12.6. The summed E-state index contributed by atoms with van der Waals surface area (Å²) in [7, 11) is -1.43. The third-order valence-corrected chi connectivity index (χ3v) is 4.35. The van der Waals surface area contributed by atoms with Gasteiger partial charge in [0.05, 0.1) is 16.6 Å². The molecule has 0 saturated carbocycles. The molecule has 0 radical (unpaired) electrons. The lowest BCUT2D eigenvalue weighted by molar-refractivity contribution is -0.116. The molecule has 1 unspecified atom stereocenters. The van der Waals surface area contributed by atoms with Crippen LogP contribution in [0.5, 0.6) is 0 Å². The quantitative estimate of drug-likeness (QED) is 0.848. The average Bonchev–Trinajstić information content (AvgIpc) is 2.42. The maximum absolute atomic E-state index is 13.4. The highest BCUT2D eigenvalue weighted by molar-refractivity contribution is 7.85. The molecule has 0 N–H and O–H groups in total. The molecule has 2 aromatic rings. The van der Waals surface area contributed by atoms with Crippen molar-refractivity contribution in [2.24, 2.45) is 0 Å². The number of hydrogen-bond acceptors (Lipinski definition) is 2. The summed E-state index contributed by atoms with van der Waals surface area (Å²) in [6.45, 7) is 0. The smallest absolute Gasteiger partial charge is 0.150 e. The predicted molar refractivity (Wildman–Crippen MR) is 77.8 cm³/mol. The van der Waals surface area contributed by atoms with E-state index in [2.05, 4.69) is 0 Å². The van der Waals surface area contributed by atoms with E-state index in [4.69, 9.17) is 11.6 Å². The van der Waals surface area contributed by atoms with Crippen LogP contribution in [0.1, 0.15) is 5.56 Å². The van der Waals surface area contributed by atoms with E-state index in [1.807, 2.05) is 0 Å². The summed E-state index contributed by atoms with van der Waals surface area (Å²) in [4.78, 5) is 12.4. The van der Waals surface area contributed by atoms with Gasteiger partial charge in [0.15, 0.2) is 0 Å². The zero-order chi connectivity index (χ0) is 14.5. The molecule has 0 spiro atoms. The van der Waals surface area contributed by atoms with Crippen molar-refractivity contribution >= 4 is 28.2 Å². The Bertz CT molecular complexity index is 641. The third-order valence-electron chi connectivity index (χ3n) is 2.71. The second-order valence-corrected chi connectivity index (χ2v) is 6.14. The minimum absolute atomic E-state index is 0.0496. The van der Waals surface area contributed by atoms with Gasteiger partial charge in [0.2, 0.25) is 0 Å². The van der Waals surface area contributed by atoms with Crippen molar-refractivity contribution in [3.05, 3.63) is 64.9 Å². The van der Waals surface area contributed by atoms with Crippen molar-refractivity contribution in [2.45, 2.75) is 11.3 Å². The zero-order valence-electron chi connectivity index (χ0n) is 10.5. The number of hydrogen-bond donors (Lipinski definition) is 0. The fourth-order valence-electron chi connectivity index (χ4n) is 1.72. The van der Waals surface area contributed by atoms with Crippen LogP contribution >= 0.6 is 11.6 Å². The van der Waals surface area contributed by atoms with E-state index in [0.29, 0.717) is 15.5 Å². The average molecular weight is 311 g/mol. The Kier molecular flexibility index (Phi) is 5.04. The lowest BCUT2D eigenvalue weighted by atomic mass is 10.1. The molecule has 0 saturated heterocycles. The summed E-state index contributed by atoms with van der Waals surface area (Å²) in [5.74, 6) is -0.808. The lowest BCUT2D eigenvalue weighted by Crippen LogP contribution is -2.14. The molecule has 0 bridgehead atoms. The number of benzene rings is 2. The van der Waals surface area contributed by atoms with Gasteiger partial charge in [0.1, 0.15) is 11.6 Å². The van der Waals surface area contributed by atoms with E-state index in [-0.39, 0.29) is 18.0 Å². The van der Waals surface area contributed by atoms with Crippen LogP contribution in [0.2, 0.25) is 5.02 Å². The van der Waals surface area contributed by atoms with Crippen molar-refractivity contribution in [3.63, 3.8) is 0 Å². The van der Waals surface area contributed by atoms with Gasteiger partial charge in [-0.15, -0.1) is 0 Å². The number of carbonyl (C=O) groups excluding carboxylic acids is 1. The Morgan fingerprint density at radius 2 is 1.75 bits per heavy atom. The second kappa shape index (κ2) is 6.77. The monoisotopic (exact) mass is 310 g/mol. The summed E-state index contributed by atoms with van der Waals surface area (Å²) in [6.07, 6.45) is -0.0496. The molecule has 104 valence electrons. The van der Waals surface area contributed by atoms with Gasteiger partial charge in [0.25, 0.3) is 0 Å². The molecule has 0 aliphatic rings. The molecule has 2 rings (SSSR count). The summed E-state index contributed by atoms with van der Waals surface area (Å²) < 4.78 is 25.4. The van der Waals surface area contributed by atoms with E-state index < -0.39 is 16.6 Å². The van der Waals surface area contributed by atoms with Gasteiger partial charge >= 0.3 is 0 Å². The standard InChI is InChI=1S/C15H12ClFO2S/c16-12-5-7-14(8-6-12)20(19)10-13(18)9-11-3-1-2-4-15(11)17/h1-8H,9-10H2. The van der Waals surface area contributed by atoms with E-state index >= 15 is 0 Å². The van der Waals surface area contributed by atoms with Crippen molar-refractivity contribution < 1.29 is 13.4 Å². The first kappa shape index (κ1) is 14.9. The van der Waals surface area contributed by atoms with Gasteiger partial charge in [0, 0.05) is 16.3 Å². The Morgan fingerprint density at radius 3 is 2.40 bits per heavy atom. The van der Waals surface area contributed by atoms with Crippen molar-refractivity contribution in [1.29, 1.82) is 0 Å². The Hall–Kier alpha value is -1.52. The number of rotatable bonds is 5. The molecule has 0 fully saturated rings. The number of ketones is 1. The van der Waals surface area contributed by atoms with Crippen molar-refractivity contribution in [3.8, 4) is 0 Å². The Labute approximate surface area is 124 Å². The van der Waals surface area contributed by atoms with Gasteiger partial charge in [-0.05, 0) is 35.9 Å². The van der Waals surface area contributed by atoms with Crippen LogP contribution in [0.25, 0.3) is 0 Å². The molecule has 5 heteroatoms. The molecule has 1 atom stereocenters. The molecule has 0 heterocycles. The maximum atomic E-state index is 13.4. The van der Waals surface area contributed by atoms with Gasteiger partial charge < -0.3 is 0 Å². The van der Waals surface area contributed by atoms with Crippen LogP contribution in [-0.2, 0) is 22.0 Å². The molecule has 20 heavy (non-hydrogen) atoms. The largest absolute Gasteiger partial charge is 0.298 e. The first-order valence-electron chi connectivity index (χ1n) is 5.95. The molecule has 0 aromatic heterocycles. The molecular weight excluding hydrogens is 299 g/mol. The summed E-state index contributed by atoms with van der Waals surface area (Å²) in [5.41, 5.74) is 0.325. The van der Waals surface area contributed by atoms with Crippen LogP contribution in [0.4, 0.5) is 4.39 Å². The number of Topliss-reactive ketones (excluding diaryl/α,β-unsaturated/α-hetero) is 1. The third kappa shape index (κ3) is 3.99. The normalized spacial score (nSPS) is 12.1. The van der Waals surface area contributed by atoms with Gasteiger partial charge in [-0.1, -0.05) is 29.8 Å². The van der Waals surface area contributed by atoms with Crippen LogP contribution < -0.4 is 0 Å². The van der Waals surface area contributed by atoms with Crippen LogP contribution in [0.15, 0.2) is 53.4 Å². The first-order valence-corrected chi connectivity index (χ1v) is 7.65. The highest BCUT2D eigenvalue weighted by Crippen LogP contribution is 2.14. The Morgan fingerprint density at radius 1 is 1.10 bits per heavy atom. The number of halogens is 2. The molecular formula is C15H12ClFO2S. The highest BCUT2D eigenvalue weighted by Gasteiger charge is 2.12. The minimum Gasteiger partial charge on any atom is -0.298 e.